The molecule has 0 radical (unpaired) electrons. The lowest BCUT2D eigenvalue weighted by molar-refractivity contribution is -0.120. The van der Waals surface area contributed by atoms with Crippen LogP contribution in [0.4, 0.5) is 0 Å². The van der Waals surface area contributed by atoms with Crippen LogP contribution in [-0.4, -0.2) is 66.6 Å². The Balaban J connectivity index is 2.40. The number of nitrogens with one attached hydrogen (secondary N) is 1. The van der Waals surface area contributed by atoms with Crippen molar-refractivity contribution in [2.75, 3.05) is 32.7 Å². The van der Waals surface area contributed by atoms with Crippen molar-refractivity contribution in [3.8, 4) is 0 Å². The van der Waals surface area contributed by atoms with E-state index >= 15 is 0 Å². The lowest BCUT2D eigenvalue weighted by Crippen LogP contribution is -2.56. The highest BCUT2D eigenvalue weighted by molar-refractivity contribution is 5.80. The van der Waals surface area contributed by atoms with Gasteiger partial charge in [0.05, 0.1) is 6.04 Å². The number of nitrogens with two attached hydrogens (primary N) is 1. The molecule has 1 aliphatic rings. The summed E-state index contributed by atoms with van der Waals surface area (Å²) < 4.78 is 0. The fourth-order valence-electron chi connectivity index (χ4n) is 2.53. The van der Waals surface area contributed by atoms with Crippen LogP contribution in [0.25, 0.3) is 0 Å². The highest BCUT2D eigenvalue weighted by Gasteiger charge is 2.24. The number of carbonyl (C=O) groups excluding carboxylic acids is 1. The SMILES string of the molecule is CCC(C)N1CCN(CC(NC(C)C)C(N)=O)CC1. The minimum atomic E-state index is -0.252. The highest BCUT2D eigenvalue weighted by atomic mass is 16.1. The summed E-state index contributed by atoms with van der Waals surface area (Å²) in [6, 6.07) is 0.692. The summed E-state index contributed by atoms with van der Waals surface area (Å²) in [4.78, 5) is 16.3. The van der Waals surface area contributed by atoms with Gasteiger partial charge in [-0.15, -0.1) is 0 Å². The topological polar surface area (TPSA) is 61.6 Å². The van der Waals surface area contributed by atoms with E-state index in [1.54, 1.807) is 0 Å². The molecule has 3 N–H and O–H groups in total. The second-order valence-electron chi connectivity index (χ2n) is 5.87. The number of carbonyl (C=O) groups is 1. The molecule has 0 saturated carbocycles. The number of piperazine rings is 1. The predicted octanol–water partition coefficient (Wildman–Crippen LogP) is 0.254. The van der Waals surface area contributed by atoms with Gasteiger partial charge in [-0.3, -0.25) is 14.6 Å². The molecule has 19 heavy (non-hydrogen) atoms. The molecule has 5 heteroatoms. The molecule has 0 aliphatic carbocycles. The maximum atomic E-state index is 11.5. The van der Waals surface area contributed by atoms with Crippen molar-refractivity contribution in [2.24, 2.45) is 5.73 Å². The molecule has 0 bridgehead atoms. The van der Waals surface area contributed by atoms with Gasteiger partial charge >= 0.3 is 0 Å². The molecule has 1 rings (SSSR count). The van der Waals surface area contributed by atoms with Crippen LogP contribution in [-0.2, 0) is 4.79 Å². The van der Waals surface area contributed by atoms with Crippen molar-refractivity contribution in [1.82, 2.24) is 15.1 Å². The molecule has 0 aromatic heterocycles. The van der Waals surface area contributed by atoms with Crippen molar-refractivity contribution < 1.29 is 4.79 Å². The quantitative estimate of drug-likeness (QED) is 0.696. The molecule has 1 heterocycles. The zero-order valence-electron chi connectivity index (χ0n) is 12.9. The molecular formula is C14H30N4O. The van der Waals surface area contributed by atoms with Gasteiger partial charge in [0.15, 0.2) is 0 Å². The highest BCUT2D eigenvalue weighted by Crippen LogP contribution is 2.09. The van der Waals surface area contributed by atoms with Crippen LogP contribution in [0.2, 0.25) is 0 Å². The first-order valence-electron chi connectivity index (χ1n) is 7.45. The van der Waals surface area contributed by atoms with E-state index < -0.39 is 0 Å². The summed E-state index contributed by atoms with van der Waals surface area (Å²) in [6.45, 7) is 13.5. The first-order valence-corrected chi connectivity index (χ1v) is 7.45. The maximum absolute atomic E-state index is 11.5. The van der Waals surface area contributed by atoms with Crippen molar-refractivity contribution >= 4 is 5.91 Å². The molecule has 1 saturated heterocycles. The van der Waals surface area contributed by atoms with Gasteiger partial charge in [0.2, 0.25) is 5.91 Å². The molecular weight excluding hydrogens is 240 g/mol. The number of hydrogen-bond acceptors (Lipinski definition) is 4. The van der Waals surface area contributed by atoms with E-state index in [9.17, 15) is 4.79 Å². The van der Waals surface area contributed by atoms with E-state index in [0.717, 1.165) is 32.7 Å². The van der Waals surface area contributed by atoms with Gasteiger partial charge in [0.25, 0.3) is 0 Å². The van der Waals surface area contributed by atoms with Crippen LogP contribution in [0.5, 0.6) is 0 Å². The Morgan fingerprint density at radius 2 is 1.79 bits per heavy atom. The van der Waals surface area contributed by atoms with E-state index in [-0.39, 0.29) is 18.0 Å². The monoisotopic (exact) mass is 270 g/mol. The lowest BCUT2D eigenvalue weighted by Gasteiger charge is -2.39. The van der Waals surface area contributed by atoms with Crippen molar-refractivity contribution in [3.05, 3.63) is 0 Å². The van der Waals surface area contributed by atoms with E-state index in [4.69, 9.17) is 5.73 Å². The standard InChI is InChI=1S/C14H30N4O/c1-5-12(4)18-8-6-17(7-9-18)10-13(14(15)19)16-11(2)3/h11-13,16H,5-10H2,1-4H3,(H2,15,19). The number of nitrogens with zero attached hydrogens (tertiary/aromatic N) is 2. The fourth-order valence-corrected chi connectivity index (χ4v) is 2.53. The maximum Gasteiger partial charge on any atom is 0.235 e. The summed E-state index contributed by atoms with van der Waals surface area (Å²) in [7, 11) is 0. The van der Waals surface area contributed by atoms with E-state index in [2.05, 4.69) is 29.0 Å². The average molecular weight is 270 g/mol. The van der Waals surface area contributed by atoms with Gasteiger partial charge in [-0.25, -0.2) is 0 Å². The van der Waals surface area contributed by atoms with Crippen molar-refractivity contribution in [3.63, 3.8) is 0 Å². The molecule has 0 aromatic rings. The summed E-state index contributed by atoms with van der Waals surface area (Å²) in [5.74, 6) is -0.252. The number of primary amides is 1. The summed E-state index contributed by atoms with van der Waals surface area (Å²) in [5.41, 5.74) is 5.46. The zero-order chi connectivity index (χ0) is 14.4. The van der Waals surface area contributed by atoms with Crippen LogP contribution in [0.3, 0.4) is 0 Å². The Morgan fingerprint density at radius 3 is 2.21 bits per heavy atom. The molecule has 1 aliphatic heterocycles. The minimum Gasteiger partial charge on any atom is -0.368 e. The van der Waals surface area contributed by atoms with E-state index in [1.807, 2.05) is 13.8 Å². The van der Waals surface area contributed by atoms with Crippen LogP contribution in [0.1, 0.15) is 34.1 Å². The molecule has 2 atom stereocenters. The van der Waals surface area contributed by atoms with Crippen LogP contribution < -0.4 is 11.1 Å². The molecule has 112 valence electrons. The molecule has 0 aromatic carbocycles. The van der Waals surface area contributed by atoms with Gasteiger partial charge in [-0.05, 0) is 13.3 Å². The number of amides is 1. The Morgan fingerprint density at radius 1 is 1.21 bits per heavy atom. The Hall–Kier alpha value is -0.650. The largest absolute Gasteiger partial charge is 0.368 e. The normalized spacial score (nSPS) is 21.5. The molecule has 1 amide bonds. The molecule has 5 nitrogen and oxygen atoms in total. The molecule has 2 unspecified atom stereocenters. The van der Waals surface area contributed by atoms with E-state index in [0.29, 0.717) is 6.04 Å². The van der Waals surface area contributed by atoms with Crippen molar-refractivity contribution in [1.29, 1.82) is 0 Å². The average Bonchev–Trinajstić information content (AvgIpc) is 2.37. The third kappa shape index (κ3) is 5.47. The van der Waals surface area contributed by atoms with Gasteiger partial charge < -0.3 is 11.1 Å². The predicted molar refractivity (Wildman–Crippen MR) is 79.0 cm³/mol. The van der Waals surface area contributed by atoms with Crippen LogP contribution in [0.15, 0.2) is 0 Å². The molecule has 1 fully saturated rings. The second-order valence-corrected chi connectivity index (χ2v) is 5.87. The van der Waals surface area contributed by atoms with Gasteiger partial charge in [-0.1, -0.05) is 20.8 Å². The van der Waals surface area contributed by atoms with Crippen molar-refractivity contribution in [2.45, 2.75) is 52.2 Å². The summed E-state index contributed by atoms with van der Waals surface area (Å²) >= 11 is 0. The third-order valence-electron chi connectivity index (χ3n) is 3.94. The van der Waals surface area contributed by atoms with Crippen LogP contribution >= 0.6 is 0 Å². The van der Waals surface area contributed by atoms with Gasteiger partial charge in [-0.2, -0.15) is 0 Å². The van der Waals surface area contributed by atoms with Gasteiger partial charge in [0, 0.05) is 44.8 Å². The Kier molecular flexibility index (Phi) is 6.75. The summed E-state index contributed by atoms with van der Waals surface area (Å²) in [6.07, 6.45) is 1.19. The summed E-state index contributed by atoms with van der Waals surface area (Å²) in [5, 5.41) is 3.24. The smallest absolute Gasteiger partial charge is 0.235 e. The van der Waals surface area contributed by atoms with Gasteiger partial charge in [0.1, 0.15) is 0 Å². The minimum absolute atomic E-state index is 0.241. The molecule has 0 spiro atoms. The Bertz CT molecular complexity index is 275. The second kappa shape index (κ2) is 7.82. The first-order chi connectivity index (χ1) is 8.93. The fraction of sp³-hybridized carbons (Fsp3) is 0.929. The first kappa shape index (κ1) is 16.4. The third-order valence-corrected chi connectivity index (χ3v) is 3.94. The lowest BCUT2D eigenvalue weighted by atomic mass is 10.1. The van der Waals surface area contributed by atoms with E-state index in [1.165, 1.54) is 6.42 Å². The Labute approximate surface area is 117 Å². The van der Waals surface area contributed by atoms with Crippen LogP contribution in [0, 0.1) is 0 Å². The number of rotatable bonds is 7. The number of hydrogen-bond donors (Lipinski definition) is 2. The zero-order valence-corrected chi connectivity index (χ0v) is 12.9.